The van der Waals surface area contributed by atoms with E-state index >= 15 is 0 Å². The number of halogens is 4. The summed E-state index contributed by atoms with van der Waals surface area (Å²) >= 11 is 2.88. The van der Waals surface area contributed by atoms with E-state index < -0.39 is 11.7 Å². The molecular formula is C12H11BrF3N5. The number of nitrogen functional groups attached to an aromatic ring is 1. The Morgan fingerprint density at radius 3 is 2.43 bits per heavy atom. The number of hydrogen-bond donors (Lipinski definition) is 3. The minimum absolute atomic E-state index is 0.0116. The Morgan fingerprint density at radius 2 is 1.81 bits per heavy atom. The van der Waals surface area contributed by atoms with Gasteiger partial charge in [0.2, 0.25) is 5.95 Å². The van der Waals surface area contributed by atoms with Crippen molar-refractivity contribution in [3.63, 3.8) is 0 Å². The molecular weight excluding hydrogens is 351 g/mol. The van der Waals surface area contributed by atoms with Gasteiger partial charge in [-0.15, -0.1) is 0 Å². The van der Waals surface area contributed by atoms with E-state index in [9.17, 15) is 13.2 Å². The summed E-state index contributed by atoms with van der Waals surface area (Å²) in [7, 11) is 1.65. The van der Waals surface area contributed by atoms with Crippen LogP contribution in [0.1, 0.15) is 5.56 Å². The molecule has 0 saturated carbocycles. The number of hydrogen-bond acceptors (Lipinski definition) is 5. The number of nitrogens with two attached hydrogens (primary N) is 1. The number of rotatable bonds is 3. The van der Waals surface area contributed by atoms with E-state index in [0.29, 0.717) is 11.6 Å². The van der Waals surface area contributed by atoms with Gasteiger partial charge in [-0.05, 0) is 18.2 Å². The second-order valence-electron chi connectivity index (χ2n) is 4.06. The highest BCUT2D eigenvalue weighted by molar-refractivity contribution is 9.10. The Labute approximate surface area is 126 Å². The minimum atomic E-state index is -4.45. The van der Waals surface area contributed by atoms with E-state index in [1.54, 1.807) is 7.05 Å². The Kier molecular flexibility index (Phi) is 4.21. The van der Waals surface area contributed by atoms with Crippen molar-refractivity contribution in [1.82, 2.24) is 9.97 Å². The highest BCUT2D eigenvalue weighted by atomic mass is 79.9. The monoisotopic (exact) mass is 361 g/mol. The fourth-order valence-electron chi connectivity index (χ4n) is 1.63. The first-order chi connectivity index (χ1) is 9.79. The Morgan fingerprint density at radius 1 is 1.14 bits per heavy atom. The van der Waals surface area contributed by atoms with Crippen LogP contribution in [0.15, 0.2) is 28.7 Å². The standard InChI is InChI=1S/C12H11BrF3N5/c1-18-9-5-10(21-11(17)20-9)19-6-2-3-8(13)7(4-6)12(14,15)16/h2-5H,1H3,(H4,17,18,19,20,21). The lowest BCUT2D eigenvalue weighted by molar-refractivity contribution is -0.138. The summed E-state index contributed by atoms with van der Waals surface area (Å²) in [5.41, 5.74) is 4.99. The average molecular weight is 362 g/mol. The Balaban J connectivity index is 2.34. The molecule has 0 radical (unpaired) electrons. The highest BCUT2D eigenvalue weighted by Gasteiger charge is 2.33. The van der Waals surface area contributed by atoms with Gasteiger partial charge in [0.15, 0.2) is 0 Å². The largest absolute Gasteiger partial charge is 0.417 e. The van der Waals surface area contributed by atoms with Crippen molar-refractivity contribution < 1.29 is 13.2 Å². The molecule has 21 heavy (non-hydrogen) atoms. The summed E-state index contributed by atoms with van der Waals surface area (Å²) in [5.74, 6) is 0.762. The molecule has 0 aliphatic rings. The van der Waals surface area contributed by atoms with Crippen molar-refractivity contribution >= 4 is 39.2 Å². The van der Waals surface area contributed by atoms with Crippen LogP contribution < -0.4 is 16.4 Å². The van der Waals surface area contributed by atoms with Gasteiger partial charge in [0.25, 0.3) is 0 Å². The summed E-state index contributed by atoms with van der Waals surface area (Å²) in [6, 6.07) is 5.33. The lowest BCUT2D eigenvalue weighted by Gasteiger charge is -2.13. The molecule has 0 unspecified atom stereocenters. The molecule has 112 valence electrons. The summed E-state index contributed by atoms with van der Waals surface area (Å²) in [4.78, 5) is 7.81. The molecule has 2 aromatic rings. The van der Waals surface area contributed by atoms with Crippen LogP contribution in [0.2, 0.25) is 0 Å². The van der Waals surface area contributed by atoms with Crippen molar-refractivity contribution in [3.8, 4) is 0 Å². The van der Waals surface area contributed by atoms with Crippen LogP contribution in [0.3, 0.4) is 0 Å². The maximum Gasteiger partial charge on any atom is 0.417 e. The van der Waals surface area contributed by atoms with Crippen molar-refractivity contribution in [1.29, 1.82) is 0 Å². The van der Waals surface area contributed by atoms with E-state index in [2.05, 4.69) is 36.5 Å². The number of anilines is 4. The number of aromatic nitrogens is 2. The Bertz CT molecular complexity index is 660. The summed E-state index contributed by atoms with van der Waals surface area (Å²) < 4.78 is 38.5. The first-order valence-corrected chi connectivity index (χ1v) is 6.55. The normalized spacial score (nSPS) is 11.3. The third kappa shape index (κ3) is 3.75. The first kappa shape index (κ1) is 15.4. The molecule has 0 bridgehead atoms. The molecule has 9 heteroatoms. The maximum absolute atomic E-state index is 12.8. The molecule has 1 aromatic carbocycles. The molecule has 0 amide bonds. The van der Waals surface area contributed by atoms with E-state index in [1.807, 2.05) is 0 Å². The van der Waals surface area contributed by atoms with Crippen LogP contribution in [0, 0.1) is 0 Å². The van der Waals surface area contributed by atoms with E-state index in [4.69, 9.17) is 5.73 Å². The van der Waals surface area contributed by atoms with Crippen molar-refractivity contribution in [2.24, 2.45) is 0 Å². The van der Waals surface area contributed by atoms with Crippen LogP contribution in [-0.2, 0) is 6.18 Å². The van der Waals surface area contributed by atoms with Crippen LogP contribution in [0.25, 0.3) is 0 Å². The van der Waals surface area contributed by atoms with Crippen LogP contribution in [0.4, 0.5) is 36.4 Å². The fraction of sp³-hybridized carbons (Fsp3) is 0.167. The molecule has 0 aliphatic heterocycles. The number of benzene rings is 1. The minimum Gasteiger partial charge on any atom is -0.373 e. The third-order valence-electron chi connectivity index (χ3n) is 2.54. The van der Waals surface area contributed by atoms with Gasteiger partial charge in [-0.25, -0.2) is 0 Å². The topological polar surface area (TPSA) is 75.9 Å². The number of nitrogens with one attached hydrogen (secondary N) is 2. The fourth-order valence-corrected chi connectivity index (χ4v) is 2.10. The molecule has 5 nitrogen and oxygen atoms in total. The predicted molar refractivity (Wildman–Crippen MR) is 78.4 cm³/mol. The maximum atomic E-state index is 12.8. The zero-order valence-electron chi connectivity index (χ0n) is 10.8. The molecule has 0 atom stereocenters. The Hall–Kier alpha value is -2.03. The van der Waals surface area contributed by atoms with Crippen LogP contribution in [0.5, 0.6) is 0 Å². The summed E-state index contributed by atoms with van der Waals surface area (Å²) in [6.07, 6.45) is -4.45. The number of alkyl halides is 3. The molecule has 0 saturated heterocycles. The summed E-state index contributed by atoms with van der Waals surface area (Å²) in [6.45, 7) is 0. The zero-order valence-corrected chi connectivity index (χ0v) is 12.4. The van der Waals surface area contributed by atoms with Gasteiger partial charge in [-0.3, -0.25) is 0 Å². The molecule has 2 rings (SSSR count). The van der Waals surface area contributed by atoms with Gasteiger partial charge < -0.3 is 16.4 Å². The molecule has 0 spiro atoms. The van der Waals surface area contributed by atoms with Crippen molar-refractivity contribution in [3.05, 3.63) is 34.3 Å². The van der Waals surface area contributed by atoms with Gasteiger partial charge in [-0.2, -0.15) is 23.1 Å². The van der Waals surface area contributed by atoms with Crippen LogP contribution >= 0.6 is 15.9 Å². The second-order valence-corrected chi connectivity index (χ2v) is 4.92. The number of nitrogens with zero attached hydrogens (tertiary/aromatic N) is 2. The van der Waals surface area contributed by atoms with Gasteiger partial charge in [0.1, 0.15) is 11.6 Å². The smallest absolute Gasteiger partial charge is 0.373 e. The van der Waals surface area contributed by atoms with Gasteiger partial charge in [0, 0.05) is 23.3 Å². The molecule has 4 N–H and O–H groups in total. The lowest BCUT2D eigenvalue weighted by atomic mass is 10.2. The van der Waals surface area contributed by atoms with E-state index in [0.717, 1.165) is 6.07 Å². The molecule has 1 heterocycles. The van der Waals surface area contributed by atoms with Gasteiger partial charge in [0.05, 0.1) is 5.56 Å². The third-order valence-corrected chi connectivity index (χ3v) is 3.24. The second kappa shape index (κ2) is 5.76. The van der Waals surface area contributed by atoms with Crippen molar-refractivity contribution in [2.45, 2.75) is 6.18 Å². The molecule has 1 aromatic heterocycles. The van der Waals surface area contributed by atoms with Gasteiger partial charge >= 0.3 is 6.18 Å². The molecule has 0 fully saturated rings. The predicted octanol–water partition coefficient (Wildman–Crippen LogP) is 3.63. The first-order valence-electron chi connectivity index (χ1n) is 5.75. The lowest BCUT2D eigenvalue weighted by Crippen LogP contribution is -2.07. The molecule has 0 aliphatic carbocycles. The quantitative estimate of drug-likeness (QED) is 0.778. The van der Waals surface area contributed by atoms with E-state index in [1.165, 1.54) is 18.2 Å². The van der Waals surface area contributed by atoms with Crippen LogP contribution in [-0.4, -0.2) is 17.0 Å². The SMILES string of the molecule is CNc1cc(Nc2ccc(Br)c(C(F)(F)F)c2)nc(N)n1. The van der Waals surface area contributed by atoms with E-state index in [-0.39, 0.29) is 16.1 Å². The highest BCUT2D eigenvalue weighted by Crippen LogP contribution is 2.36. The average Bonchev–Trinajstić information content (AvgIpc) is 2.39. The summed E-state index contributed by atoms with van der Waals surface area (Å²) in [5, 5.41) is 5.55. The zero-order chi connectivity index (χ0) is 15.6. The van der Waals surface area contributed by atoms with Gasteiger partial charge in [-0.1, -0.05) is 15.9 Å². The van der Waals surface area contributed by atoms with Crippen molar-refractivity contribution in [2.75, 3.05) is 23.4 Å².